The molecule has 2 heterocycles. The van der Waals surface area contributed by atoms with Gasteiger partial charge in [-0.15, -0.1) is 0 Å². The van der Waals surface area contributed by atoms with Gasteiger partial charge in [-0.25, -0.2) is 9.38 Å². The molecule has 0 N–H and O–H groups in total. The SMILES string of the molecule is O=CC1=NC(OCC2CC2)=C(C2(F)COC2)CC#C1. The molecular formula is C14H14FNO3. The fraction of sp³-hybridized carbons (Fsp3) is 0.571. The fourth-order valence-electron chi connectivity index (χ4n) is 1.97. The first-order valence-corrected chi connectivity index (χ1v) is 6.37. The summed E-state index contributed by atoms with van der Waals surface area (Å²) >= 11 is 0. The zero-order valence-corrected chi connectivity index (χ0v) is 10.4. The van der Waals surface area contributed by atoms with E-state index in [9.17, 15) is 9.18 Å². The van der Waals surface area contributed by atoms with Gasteiger partial charge in [-0.3, -0.25) is 4.79 Å². The predicted molar refractivity (Wildman–Crippen MR) is 66.3 cm³/mol. The lowest BCUT2D eigenvalue weighted by molar-refractivity contribution is -0.109. The Morgan fingerprint density at radius 1 is 1.53 bits per heavy atom. The summed E-state index contributed by atoms with van der Waals surface area (Å²) < 4.78 is 25.1. The molecule has 0 spiro atoms. The quantitative estimate of drug-likeness (QED) is 0.556. The molecule has 0 aromatic rings. The number of aliphatic imine (C=N–C) groups is 1. The summed E-state index contributed by atoms with van der Waals surface area (Å²) in [7, 11) is 0. The van der Waals surface area contributed by atoms with Gasteiger partial charge in [-0.1, -0.05) is 5.92 Å². The second-order valence-corrected chi connectivity index (χ2v) is 5.09. The van der Waals surface area contributed by atoms with Crippen LogP contribution in [0.25, 0.3) is 0 Å². The van der Waals surface area contributed by atoms with Crippen molar-refractivity contribution >= 4 is 12.0 Å². The number of hydrogen-bond acceptors (Lipinski definition) is 4. The minimum atomic E-state index is -1.55. The Kier molecular flexibility index (Phi) is 3.11. The number of alkyl halides is 1. The van der Waals surface area contributed by atoms with E-state index in [-0.39, 0.29) is 31.2 Å². The standard InChI is InChI=1S/C14H14FNO3/c15-14(8-18-9-14)12-3-1-2-11(6-17)16-13(12)19-7-10-4-5-10/h6,10H,3-5,7-9H2. The molecule has 0 unspecified atom stereocenters. The number of aldehydes is 1. The molecule has 100 valence electrons. The van der Waals surface area contributed by atoms with Gasteiger partial charge < -0.3 is 9.47 Å². The van der Waals surface area contributed by atoms with Crippen molar-refractivity contribution in [3.8, 4) is 11.8 Å². The minimum absolute atomic E-state index is 0.00619. The average molecular weight is 263 g/mol. The van der Waals surface area contributed by atoms with Crippen molar-refractivity contribution in [1.29, 1.82) is 0 Å². The maximum atomic E-state index is 14.5. The van der Waals surface area contributed by atoms with E-state index >= 15 is 0 Å². The molecule has 19 heavy (non-hydrogen) atoms. The molecule has 3 aliphatic rings. The summed E-state index contributed by atoms with van der Waals surface area (Å²) in [5, 5.41) is 0. The third-order valence-electron chi connectivity index (χ3n) is 3.43. The second-order valence-electron chi connectivity index (χ2n) is 5.09. The summed E-state index contributed by atoms with van der Waals surface area (Å²) in [5.74, 6) is 6.11. The molecule has 0 aromatic carbocycles. The van der Waals surface area contributed by atoms with Gasteiger partial charge in [0.25, 0.3) is 0 Å². The maximum absolute atomic E-state index is 14.5. The smallest absolute Gasteiger partial charge is 0.218 e. The lowest BCUT2D eigenvalue weighted by atomic mass is 9.91. The van der Waals surface area contributed by atoms with Gasteiger partial charge in [-0.2, -0.15) is 0 Å². The van der Waals surface area contributed by atoms with Crippen molar-refractivity contribution in [2.75, 3.05) is 19.8 Å². The van der Waals surface area contributed by atoms with E-state index in [0.717, 1.165) is 12.8 Å². The van der Waals surface area contributed by atoms with Crippen LogP contribution in [-0.4, -0.2) is 37.5 Å². The number of carbonyl (C=O) groups excluding carboxylic acids is 1. The van der Waals surface area contributed by atoms with Crippen LogP contribution in [0.4, 0.5) is 4.39 Å². The molecule has 3 rings (SSSR count). The van der Waals surface area contributed by atoms with Crippen LogP contribution in [0.15, 0.2) is 16.4 Å². The molecule has 4 nitrogen and oxygen atoms in total. The predicted octanol–water partition coefficient (Wildman–Crippen LogP) is 1.41. The van der Waals surface area contributed by atoms with E-state index < -0.39 is 5.67 Å². The highest BCUT2D eigenvalue weighted by Gasteiger charge is 2.45. The Morgan fingerprint density at radius 2 is 2.32 bits per heavy atom. The van der Waals surface area contributed by atoms with Crippen LogP contribution in [0.5, 0.6) is 0 Å². The molecule has 2 fully saturated rings. The highest BCUT2D eigenvalue weighted by Crippen LogP contribution is 2.37. The maximum Gasteiger partial charge on any atom is 0.218 e. The molecule has 0 aromatic heterocycles. The van der Waals surface area contributed by atoms with Crippen LogP contribution in [-0.2, 0) is 14.3 Å². The second kappa shape index (κ2) is 4.78. The van der Waals surface area contributed by atoms with Gasteiger partial charge in [0.05, 0.1) is 19.8 Å². The number of ether oxygens (including phenoxy) is 2. The van der Waals surface area contributed by atoms with Gasteiger partial charge in [0.1, 0.15) is 0 Å². The first-order valence-electron chi connectivity index (χ1n) is 6.37. The van der Waals surface area contributed by atoms with E-state index in [1.807, 2.05) is 0 Å². The average Bonchev–Trinajstić information content (AvgIpc) is 3.19. The van der Waals surface area contributed by atoms with Crippen molar-refractivity contribution in [3.05, 3.63) is 11.5 Å². The topological polar surface area (TPSA) is 47.9 Å². The highest BCUT2D eigenvalue weighted by atomic mass is 19.1. The number of halogens is 1. The molecule has 0 bridgehead atoms. The highest BCUT2D eigenvalue weighted by molar-refractivity contribution is 6.37. The Hall–Kier alpha value is -1.67. The van der Waals surface area contributed by atoms with Gasteiger partial charge in [0.2, 0.25) is 5.88 Å². The lowest BCUT2D eigenvalue weighted by Crippen LogP contribution is -2.47. The van der Waals surface area contributed by atoms with Crippen molar-refractivity contribution in [3.63, 3.8) is 0 Å². The van der Waals surface area contributed by atoms with E-state index in [2.05, 4.69) is 16.8 Å². The Morgan fingerprint density at radius 3 is 2.89 bits per heavy atom. The molecule has 1 aliphatic carbocycles. The number of rotatable bonds is 5. The molecule has 1 saturated carbocycles. The third-order valence-corrected chi connectivity index (χ3v) is 3.43. The number of carbonyl (C=O) groups is 1. The molecule has 0 amide bonds. The summed E-state index contributed by atoms with van der Waals surface area (Å²) in [6.07, 6.45) is 3.06. The number of hydrogen-bond donors (Lipinski definition) is 0. The molecule has 2 aliphatic heterocycles. The third kappa shape index (κ3) is 2.54. The molecule has 0 radical (unpaired) electrons. The van der Waals surface area contributed by atoms with E-state index in [0.29, 0.717) is 24.4 Å². The Balaban J connectivity index is 1.88. The summed E-state index contributed by atoms with van der Waals surface area (Å²) in [4.78, 5) is 14.9. The fourth-order valence-corrected chi connectivity index (χ4v) is 1.97. The Bertz CT molecular complexity index is 519. The van der Waals surface area contributed by atoms with E-state index in [1.54, 1.807) is 0 Å². The Labute approximate surface area is 110 Å². The minimum Gasteiger partial charge on any atom is -0.477 e. The van der Waals surface area contributed by atoms with Crippen LogP contribution in [0, 0.1) is 17.8 Å². The van der Waals surface area contributed by atoms with Crippen LogP contribution in [0.2, 0.25) is 0 Å². The molecular weight excluding hydrogens is 249 g/mol. The van der Waals surface area contributed by atoms with E-state index in [1.165, 1.54) is 0 Å². The van der Waals surface area contributed by atoms with E-state index in [4.69, 9.17) is 9.47 Å². The van der Waals surface area contributed by atoms with Crippen LogP contribution in [0.1, 0.15) is 19.3 Å². The lowest BCUT2D eigenvalue weighted by Gasteiger charge is -2.35. The zero-order chi connectivity index (χ0) is 13.3. The normalized spacial score (nSPS) is 24.6. The van der Waals surface area contributed by atoms with Crippen molar-refractivity contribution in [2.24, 2.45) is 10.9 Å². The first-order chi connectivity index (χ1) is 9.21. The zero-order valence-electron chi connectivity index (χ0n) is 10.4. The van der Waals surface area contributed by atoms with Crippen LogP contribution < -0.4 is 0 Å². The first kappa shape index (κ1) is 12.4. The van der Waals surface area contributed by atoms with Gasteiger partial charge in [0, 0.05) is 12.0 Å². The van der Waals surface area contributed by atoms with Crippen molar-refractivity contribution in [2.45, 2.75) is 24.9 Å². The summed E-state index contributed by atoms with van der Waals surface area (Å²) in [6, 6.07) is 0. The van der Waals surface area contributed by atoms with Gasteiger partial charge in [0.15, 0.2) is 17.7 Å². The van der Waals surface area contributed by atoms with Crippen LogP contribution >= 0.6 is 0 Å². The van der Waals surface area contributed by atoms with Crippen molar-refractivity contribution < 1.29 is 18.7 Å². The van der Waals surface area contributed by atoms with Gasteiger partial charge >= 0.3 is 0 Å². The van der Waals surface area contributed by atoms with Gasteiger partial charge in [-0.05, 0) is 24.7 Å². The monoisotopic (exact) mass is 263 g/mol. The summed E-state index contributed by atoms with van der Waals surface area (Å²) in [5.41, 5.74) is -1.05. The van der Waals surface area contributed by atoms with Crippen LogP contribution in [0.3, 0.4) is 0 Å². The molecule has 0 atom stereocenters. The molecule has 5 heteroatoms. The number of nitrogens with zero attached hydrogens (tertiary/aromatic N) is 1. The molecule has 1 saturated heterocycles. The van der Waals surface area contributed by atoms with Crippen molar-refractivity contribution in [1.82, 2.24) is 0 Å². The largest absolute Gasteiger partial charge is 0.477 e. The summed E-state index contributed by atoms with van der Waals surface area (Å²) in [6.45, 7) is 0.532.